The monoisotopic (exact) mass is 304 g/mol. The van der Waals surface area contributed by atoms with Gasteiger partial charge in [0.15, 0.2) is 0 Å². The summed E-state index contributed by atoms with van der Waals surface area (Å²) in [5.41, 5.74) is 17.1. The first-order chi connectivity index (χ1) is 11.1. The van der Waals surface area contributed by atoms with Crippen molar-refractivity contribution in [1.29, 1.82) is 0 Å². The van der Waals surface area contributed by atoms with Crippen molar-refractivity contribution in [1.82, 2.24) is 9.97 Å². The average molecular weight is 304 g/mol. The number of benzene rings is 1. The number of hydrogen-bond acceptors (Lipinski definition) is 4. The summed E-state index contributed by atoms with van der Waals surface area (Å²) in [5, 5.41) is 0. The lowest BCUT2D eigenvalue weighted by Gasteiger charge is -2.19. The molecule has 0 unspecified atom stereocenters. The van der Waals surface area contributed by atoms with E-state index in [1.807, 2.05) is 44.4 Å². The fourth-order valence-electron chi connectivity index (χ4n) is 2.75. The van der Waals surface area contributed by atoms with Gasteiger partial charge in [-0.3, -0.25) is 0 Å². The van der Waals surface area contributed by atoms with E-state index < -0.39 is 0 Å². The third-order valence-corrected chi connectivity index (χ3v) is 4.08. The maximum Gasteiger partial charge on any atom is 0.126 e. The van der Waals surface area contributed by atoms with Crippen LogP contribution in [0.5, 0.6) is 0 Å². The number of nitrogen functional groups attached to an aromatic ring is 2. The van der Waals surface area contributed by atoms with Crippen molar-refractivity contribution in [3.8, 4) is 0 Å². The largest absolute Gasteiger partial charge is 0.383 e. The van der Waals surface area contributed by atoms with Crippen LogP contribution in [0.25, 0.3) is 0 Å². The van der Waals surface area contributed by atoms with Gasteiger partial charge in [0.05, 0.1) is 0 Å². The van der Waals surface area contributed by atoms with Gasteiger partial charge in [-0.05, 0) is 53.8 Å². The average Bonchev–Trinajstić information content (AvgIpc) is 2.55. The van der Waals surface area contributed by atoms with Crippen molar-refractivity contribution < 1.29 is 0 Å². The molecule has 0 atom stereocenters. The summed E-state index contributed by atoms with van der Waals surface area (Å²) in [6, 6.07) is 14.5. The van der Waals surface area contributed by atoms with Crippen molar-refractivity contribution in [3.63, 3.8) is 0 Å². The van der Waals surface area contributed by atoms with Crippen LogP contribution < -0.4 is 11.5 Å². The van der Waals surface area contributed by atoms with E-state index in [1.165, 1.54) is 5.56 Å². The number of anilines is 2. The Kier molecular flexibility index (Phi) is 3.98. The molecule has 4 N–H and O–H groups in total. The normalized spacial score (nSPS) is 10.9. The Morgan fingerprint density at radius 2 is 1.22 bits per heavy atom. The lowest BCUT2D eigenvalue weighted by atomic mass is 9.86. The Hall–Kier alpha value is -2.88. The van der Waals surface area contributed by atoms with Gasteiger partial charge in [-0.1, -0.05) is 30.3 Å². The van der Waals surface area contributed by atoms with E-state index in [1.54, 1.807) is 0 Å². The van der Waals surface area contributed by atoms with Crippen LogP contribution >= 0.6 is 0 Å². The first-order valence-corrected chi connectivity index (χ1v) is 7.55. The van der Waals surface area contributed by atoms with Gasteiger partial charge in [0, 0.05) is 18.3 Å². The molecule has 0 bridgehead atoms. The molecule has 2 heterocycles. The van der Waals surface area contributed by atoms with Gasteiger partial charge < -0.3 is 11.5 Å². The fraction of sp³-hybridized carbons (Fsp3) is 0.158. The summed E-state index contributed by atoms with van der Waals surface area (Å²) in [4.78, 5) is 8.65. The molecule has 0 aliphatic rings. The smallest absolute Gasteiger partial charge is 0.126 e. The molecule has 0 saturated carbocycles. The molecule has 0 fully saturated rings. The third kappa shape index (κ3) is 3.01. The van der Waals surface area contributed by atoms with Crippen LogP contribution in [0.15, 0.2) is 54.9 Å². The molecule has 0 aliphatic heterocycles. The second kappa shape index (κ2) is 6.08. The van der Waals surface area contributed by atoms with E-state index in [0.29, 0.717) is 11.6 Å². The van der Waals surface area contributed by atoms with E-state index in [9.17, 15) is 0 Å². The third-order valence-electron chi connectivity index (χ3n) is 4.08. The molecule has 0 radical (unpaired) electrons. The lowest BCUT2D eigenvalue weighted by molar-refractivity contribution is 0.946. The van der Waals surface area contributed by atoms with Gasteiger partial charge >= 0.3 is 0 Å². The molecule has 3 aromatic rings. The van der Waals surface area contributed by atoms with Crippen LogP contribution in [0.4, 0.5) is 11.6 Å². The van der Waals surface area contributed by atoms with E-state index in [2.05, 4.69) is 34.2 Å². The molecular formula is C19H20N4. The molecule has 1 aromatic carbocycles. The summed E-state index contributed by atoms with van der Waals surface area (Å²) >= 11 is 0. The second-order valence-electron chi connectivity index (χ2n) is 5.79. The summed E-state index contributed by atoms with van der Waals surface area (Å²) in [7, 11) is 0. The van der Waals surface area contributed by atoms with Gasteiger partial charge in [0.25, 0.3) is 0 Å². The van der Waals surface area contributed by atoms with E-state index >= 15 is 0 Å². The molecule has 23 heavy (non-hydrogen) atoms. The van der Waals surface area contributed by atoms with Gasteiger partial charge in [-0.15, -0.1) is 0 Å². The highest BCUT2D eigenvalue weighted by Crippen LogP contribution is 2.33. The van der Waals surface area contributed by atoms with E-state index in [-0.39, 0.29) is 5.92 Å². The SMILES string of the molecule is Cc1cc(C(c2ccccc2)c2cnc(N)c(C)c2)cnc1N. The van der Waals surface area contributed by atoms with Gasteiger partial charge in [0.1, 0.15) is 11.6 Å². The molecule has 0 spiro atoms. The summed E-state index contributed by atoms with van der Waals surface area (Å²) in [6.07, 6.45) is 3.68. The Morgan fingerprint density at radius 3 is 1.65 bits per heavy atom. The van der Waals surface area contributed by atoms with Crippen LogP contribution in [-0.4, -0.2) is 9.97 Å². The minimum atomic E-state index is 0.0507. The number of nitrogens with two attached hydrogens (primary N) is 2. The van der Waals surface area contributed by atoms with Crippen molar-refractivity contribution in [3.05, 3.63) is 82.7 Å². The van der Waals surface area contributed by atoms with Gasteiger partial charge in [0.2, 0.25) is 0 Å². The van der Waals surface area contributed by atoms with Crippen molar-refractivity contribution in [2.24, 2.45) is 0 Å². The van der Waals surface area contributed by atoms with Gasteiger partial charge in [-0.2, -0.15) is 0 Å². The van der Waals surface area contributed by atoms with Crippen LogP contribution in [0.2, 0.25) is 0 Å². The fourth-order valence-corrected chi connectivity index (χ4v) is 2.75. The summed E-state index contributed by atoms with van der Waals surface area (Å²) < 4.78 is 0. The molecule has 4 nitrogen and oxygen atoms in total. The topological polar surface area (TPSA) is 77.8 Å². The van der Waals surface area contributed by atoms with Gasteiger partial charge in [-0.25, -0.2) is 9.97 Å². The Labute approximate surface area is 136 Å². The quantitative estimate of drug-likeness (QED) is 0.777. The van der Waals surface area contributed by atoms with E-state index in [0.717, 1.165) is 22.3 Å². The zero-order valence-corrected chi connectivity index (χ0v) is 13.3. The molecule has 3 rings (SSSR count). The van der Waals surface area contributed by atoms with Crippen LogP contribution in [-0.2, 0) is 0 Å². The second-order valence-corrected chi connectivity index (χ2v) is 5.79. The first kappa shape index (κ1) is 15.0. The highest BCUT2D eigenvalue weighted by Gasteiger charge is 2.18. The molecule has 0 aliphatic carbocycles. The van der Waals surface area contributed by atoms with Crippen LogP contribution in [0, 0.1) is 13.8 Å². The zero-order chi connectivity index (χ0) is 16.4. The molecule has 116 valence electrons. The number of rotatable bonds is 3. The first-order valence-electron chi connectivity index (χ1n) is 7.55. The zero-order valence-electron chi connectivity index (χ0n) is 13.3. The minimum Gasteiger partial charge on any atom is -0.383 e. The number of aryl methyl sites for hydroxylation is 2. The standard InChI is InChI=1S/C19H20N4/c1-12-8-15(10-22-18(12)20)17(14-6-4-3-5-7-14)16-9-13(2)19(21)23-11-16/h3-11,17H,1-2H3,(H2,20,22)(H2,21,23). The molecule has 2 aromatic heterocycles. The number of hydrogen-bond donors (Lipinski definition) is 2. The van der Waals surface area contributed by atoms with Crippen LogP contribution in [0.1, 0.15) is 33.7 Å². The molecular weight excluding hydrogens is 284 g/mol. The maximum absolute atomic E-state index is 5.87. The highest BCUT2D eigenvalue weighted by molar-refractivity contribution is 5.49. The minimum absolute atomic E-state index is 0.0507. The van der Waals surface area contributed by atoms with Crippen molar-refractivity contribution >= 4 is 11.6 Å². The predicted molar refractivity (Wildman–Crippen MR) is 94.2 cm³/mol. The summed E-state index contributed by atoms with van der Waals surface area (Å²) in [5.74, 6) is 1.18. The lowest BCUT2D eigenvalue weighted by Crippen LogP contribution is -2.07. The Bertz CT molecular complexity index is 777. The van der Waals surface area contributed by atoms with E-state index in [4.69, 9.17) is 11.5 Å². The molecule has 0 amide bonds. The Balaban J connectivity index is 2.17. The summed E-state index contributed by atoms with van der Waals surface area (Å²) in [6.45, 7) is 3.95. The van der Waals surface area contributed by atoms with Crippen molar-refractivity contribution in [2.75, 3.05) is 11.5 Å². The number of nitrogens with zero attached hydrogens (tertiary/aromatic N) is 2. The molecule has 4 heteroatoms. The molecule has 0 saturated heterocycles. The Morgan fingerprint density at radius 1 is 0.739 bits per heavy atom. The van der Waals surface area contributed by atoms with Crippen LogP contribution in [0.3, 0.4) is 0 Å². The van der Waals surface area contributed by atoms with Crippen molar-refractivity contribution in [2.45, 2.75) is 19.8 Å². The number of pyridine rings is 2. The number of aromatic nitrogens is 2. The predicted octanol–water partition coefficient (Wildman–Crippen LogP) is 3.44. The highest BCUT2D eigenvalue weighted by atomic mass is 14.8. The maximum atomic E-state index is 5.87.